The first kappa shape index (κ1) is 15.2. The van der Waals surface area contributed by atoms with Crippen LogP contribution in [0.5, 0.6) is 11.5 Å². The third kappa shape index (κ3) is 5.44. The second-order valence-corrected chi connectivity index (χ2v) is 5.84. The molecule has 0 unspecified atom stereocenters. The zero-order chi connectivity index (χ0) is 14.0. The van der Waals surface area contributed by atoms with Gasteiger partial charge in [-0.2, -0.15) is 0 Å². The lowest BCUT2D eigenvalue weighted by molar-refractivity contribution is 0.208. The minimum absolute atomic E-state index is 0.758. The van der Waals surface area contributed by atoms with Gasteiger partial charge in [0.05, 0.1) is 13.2 Å². The zero-order valence-electron chi connectivity index (χ0n) is 12.8. The van der Waals surface area contributed by atoms with Crippen LogP contribution in [0.3, 0.4) is 0 Å². The number of hydrogen-bond donors (Lipinski definition) is 0. The first-order chi connectivity index (χ1) is 9.88. The van der Waals surface area contributed by atoms with Crippen LogP contribution in [0.2, 0.25) is 0 Å². The van der Waals surface area contributed by atoms with Crippen LogP contribution in [0.15, 0.2) is 24.3 Å². The Morgan fingerprint density at radius 3 is 2.20 bits per heavy atom. The van der Waals surface area contributed by atoms with Gasteiger partial charge >= 0.3 is 0 Å². The average Bonchev–Trinajstić information content (AvgIpc) is 2.52. The summed E-state index contributed by atoms with van der Waals surface area (Å²) < 4.78 is 11.6. The van der Waals surface area contributed by atoms with Crippen molar-refractivity contribution in [3.63, 3.8) is 0 Å². The van der Waals surface area contributed by atoms with Gasteiger partial charge in [-0.3, -0.25) is 0 Å². The summed E-state index contributed by atoms with van der Waals surface area (Å²) >= 11 is 0. The molecule has 0 saturated heterocycles. The second-order valence-electron chi connectivity index (χ2n) is 5.84. The lowest BCUT2D eigenvalue weighted by Gasteiger charge is -2.21. The fraction of sp³-hybridized carbons (Fsp3) is 0.667. The van der Waals surface area contributed by atoms with E-state index in [2.05, 4.69) is 6.92 Å². The predicted molar refractivity (Wildman–Crippen MR) is 83.5 cm³/mol. The van der Waals surface area contributed by atoms with E-state index in [9.17, 15) is 0 Å². The molecule has 0 heterocycles. The van der Waals surface area contributed by atoms with Gasteiger partial charge in [0, 0.05) is 0 Å². The van der Waals surface area contributed by atoms with Crippen molar-refractivity contribution in [1.82, 2.24) is 0 Å². The Kier molecular flexibility index (Phi) is 6.76. The summed E-state index contributed by atoms with van der Waals surface area (Å²) in [6, 6.07) is 8.08. The molecule has 0 spiro atoms. The first-order valence-electron chi connectivity index (χ1n) is 8.24. The number of unbranched alkanes of at least 4 members (excludes halogenated alkanes) is 2. The maximum absolute atomic E-state index is 5.89. The Bertz CT molecular complexity index is 352. The molecule has 0 aliphatic heterocycles. The number of hydrogen-bond acceptors (Lipinski definition) is 2. The quantitative estimate of drug-likeness (QED) is 0.606. The highest BCUT2D eigenvalue weighted by atomic mass is 16.5. The predicted octanol–water partition coefficient (Wildman–Crippen LogP) is 5.21. The Balaban J connectivity index is 1.68. The third-order valence-corrected chi connectivity index (χ3v) is 4.05. The van der Waals surface area contributed by atoms with Crippen molar-refractivity contribution in [3.05, 3.63) is 24.3 Å². The van der Waals surface area contributed by atoms with Gasteiger partial charge in [0.15, 0.2) is 0 Å². The van der Waals surface area contributed by atoms with Crippen LogP contribution < -0.4 is 9.47 Å². The fourth-order valence-electron chi connectivity index (χ4n) is 2.74. The van der Waals surface area contributed by atoms with Gasteiger partial charge in [0.25, 0.3) is 0 Å². The average molecular weight is 276 g/mol. The summed E-state index contributed by atoms with van der Waals surface area (Å²) in [7, 11) is 0. The molecule has 2 heteroatoms. The monoisotopic (exact) mass is 276 g/mol. The van der Waals surface area contributed by atoms with Gasteiger partial charge < -0.3 is 9.47 Å². The van der Waals surface area contributed by atoms with Gasteiger partial charge in [0.1, 0.15) is 11.5 Å². The maximum Gasteiger partial charge on any atom is 0.119 e. The third-order valence-electron chi connectivity index (χ3n) is 4.05. The lowest BCUT2D eigenvalue weighted by atomic mass is 9.90. The highest BCUT2D eigenvalue weighted by Gasteiger charge is 2.13. The van der Waals surface area contributed by atoms with E-state index in [1.165, 1.54) is 44.9 Å². The summed E-state index contributed by atoms with van der Waals surface area (Å²) in [5.74, 6) is 2.68. The van der Waals surface area contributed by atoms with Crippen molar-refractivity contribution in [1.29, 1.82) is 0 Å². The molecule has 1 aliphatic rings. The van der Waals surface area contributed by atoms with Gasteiger partial charge in [0.2, 0.25) is 0 Å². The summed E-state index contributed by atoms with van der Waals surface area (Å²) in [4.78, 5) is 0. The molecule has 112 valence electrons. The van der Waals surface area contributed by atoms with Gasteiger partial charge in [-0.05, 0) is 49.4 Å². The van der Waals surface area contributed by atoms with E-state index >= 15 is 0 Å². The van der Waals surface area contributed by atoms with E-state index < -0.39 is 0 Å². The van der Waals surface area contributed by atoms with Crippen molar-refractivity contribution in [2.75, 3.05) is 13.2 Å². The number of ether oxygens (including phenoxy) is 2. The summed E-state index contributed by atoms with van der Waals surface area (Å²) in [6.07, 6.45) is 10.4. The standard InChI is InChI=1S/C18H28O2/c1-2-3-7-14-19-17-10-12-18(13-11-17)20-15-16-8-5-4-6-9-16/h10-13,16H,2-9,14-15H2,1H3. The van der Waals surface area contributed by atoms with Crippen LogP contribution in [0.25, 0.3) is 0 Å². The Morgan fingerprint density at radius 1 is 0.900 bits per heavy atom. The van der Waals surface area contributed by atoms with Crippen LogP contribution >= 0.6 is 0 Å². The highest BCUT2D eigenvalue weighted by Crippen LogP contribution is 2.25. The van der Waals surface area contributed by atoms with Crippen LogP contribution in [-0.2, 0) is 0 Å². The lowest BCUT2D eigenvalue weighted by Crippen LogP contribution is -2.15. The summed E-state index contributed by atoms with van der Waals surface area (Å²) in [5, 5.41) is 0. The molecule has 1 saturated carbocycles. The van der Waals surface area contributed by atoms with Crippen molar-refractivity contribution >= 4 is 0 Å². The van der Waals surface area contributed by atoms with E-state index in [4.69, 9.17) is 9.47 Å². The molecule has 0 radical (unpaired) electrons. The van der Waals surface area contributed by atoms with E-state index in [1.807, 2.05) is 24.3 Å². The topological polar surface area (TPSA) is 18.5 Å². The van der Waals surface area contributed by atoms with Gasteiger partial charge in [-0.25, -0.2) is 0 Å². The molecule has 1 aliphatic carbocycles. The Morgan fingerprint density at radius 2 is 1.55 bits per heavy atom. The second kappa shape index (κ2) is 8.89. The van der Waals surface area contributed by atoms with Crippen LogP contribution in [0, 0.1) is 5.92 Å². The Labute approximate surface area is 123 Å². The summed E-state index contributed by atoms with van der Waals surface area (Å²) in [6.45, 7) is 3.89. The van der Waals surface area contributed by atoms with Crippen molar-refractivity contribution in [2.45, 2.75) is 58.3 Å². The largest absolute Gasteiger partial charge is 0.494 e. The molecule has 0 N–H and O–H groups in total. The Hall–Kier alpha value is -1.18. The van der Waals surface area contributed by atoms with Gasteiger partial charge in [-0.15, -0.1) is 0 Å². The first-order valence-corrected chi connectivity index (χ1v) is 8.24. The van der Waals surface area contributed by atoms with E-state index in [0.29, 0.717) is 0 Å². The normalized spacial score (nSPS) is 16.1. The van der Waals surface area contributed by atoms with Crippen molar-refractivity contribution < 1.29 is 9.47 Å². The smallest absolute Gasteiger partial charge is 0.119 e. The molecule has 0 atom stereocenters. The van der Waals surface area contributed by atoms with Crippen LogP contribution in [-0.4, -0.2) is 13.2 Å². The van der Waals surface area contributed by atoms with Gasteiger partial charge in [-0.1, -0.05) is 39.0 Å². The SMILES string of the molecule is CCCCCOc1ccc(OCC2CCCCC2)cc1. The van der Waals surface area contributed by atoms with E-state index in [0.717, 1.165) is 37.1 Å². The maximum atomic E-state index is 5.89. The molecule has 2 nitrogen and oxygen atoms in total. The highest BCUT2D eigenvalue weighted by molar-refractivity contribution is 5.31. The molecule has 1 fully saturated rings. The molecular formula is C18H28O2. The minimum atomic E-state index is 0.758. The van der Waals surface area contributed by atoms with Crippen LogP contribution in [0.4, 0.5) is 0 Å². The number of benzene rings is 1. The molecular weight excluding hydrogens is 248 g/mol. The number of rotatable bonds is 8. The minimum Gasteiger partial charge on any atom is -0.494 e. The summed E-state index contributed by atoms with van der Waals surface area (Å²) in [5.41, 5.74) is 0. The molecule has 0 amide bonds. The zero-order valence-corrected chi connectivity index (χ0v) is 12.8. The van der Waals surface area contributed by atoms with Crippen LogP contribution in [0.1, 0.15) is 58.3 Å². The fourth-order valence-corrected chi connectivity index (χ4v) is 2.74. The van der Waals surface area contributed by atoms with E-state index in [-0.39, 0.29) is 0 Å². The molecule has 20 heavy (non-hydrogen) atoms. The molecule has 0 aromatic heterocycles. The molecule has 1 aromatic rings. The van der Waals surface area contributed by atoms with E-state index in [1.54, 1.807) is 0 Å². The van der Waals surface area contributed by atoms with Crippen molar-refractivity contribution in [3.8, 4) is 11.5 Å². The van der Waals surface area contributed by atoms with Crippen molar-refractivity contribution in [2.24, 2.45) is 5.92 Å². The molecule has 1 aromatic carbocycles. The molecule has 0 bridgehead atoms. The molecule has 2 rings (SSSR count).